The minimum atomic E-state index is -1.04. The molecule has 0 saturated carbocycles. The summed E-state index contributed by atoms with van der Waals surface area (Å²) in [6.45, 7) is 0. The van der Waals surface area contributed by atoms with Crippen LogP contribution < -0.4 is 4.74 Å². The van der Waals surface area contributed by atoms with Crippen molar-refractivity contribution in [2.45, 2.75) is 0 Å². The van der Waals surface area contributed by atoms with Gasteiger partial charge in [-0.15, -0.1) is 11.3 Å². The molecule has 0 spiro atoms. The number of hydrogen-bond acceptors (Lipinski definition) is 4. The molecule has 0 fully saturated rings. The molecule has 2 aromatic rings. The Bertz CT molecular complexity index is 640. The van der Waals surface area contributed by atoms with Gasteiger partial charge in [-0.3, -0.25) is 0 Å². The number of hydrogen-bond donors (Lipinski definition) is 1. The van der Waals surface area contributed by atoms with Gasteiger partial charge >= 0.3 is 5.97 Å². The van der Waals surface area contributed by atoms with Crippen LogP contribution in [0.3, 0.4) is 0 Å². The van der Waals surface area contributed by atoms with E-state index in [1.54, 1.807) is 29.6 Å². The number of benzene rings is 1. The van der Waals surface area contributed by atoms with Gasteiger partial charge in [-0.1, -0.05) is 18.2 Å². The number of rotatable bonds is 3. The Morgan fingerprint density at radius 1 is 1.44 bits per heavy atom. The fourth-order valence-corrected chi connectivity index (χ4v) is 2.56. The second-order valence-corrected chi connectivity index (χ2v) is 4.35. The van der Waals surface area contributed by atoms with Crippen molar-refractivity contribution in [3.63, 3.8) is 0 Å². The lowest BCUT2D eigenvalue weighted by Gasteiger charge is -2.08. The number of para-hydroxylation sites is 1. The van der Waals surface area contributed by atoms with E-state index in [0.29, 0.717) is 22.4 Å². The van der Waals surface area contributed by atoms with Crippen molar-refractivity contribution in [2.75, 3.05) is 7.11 Å². The Morgan fingerprint density at radius 2 is 2.17 bits per heavy atom. The van der Waals surface area contributed by atoms with E-state index in [-0.39, 0.29) is 4.88 Å². The zero-order valence-corrected chi connectivity index (χ0v) is 10.3. The average molecular weight is 259 g/mol. The first-order valence-electron chi connectivity index (χ1n) is 5.07. The minimum absolute atomic E-state index is 0.149. The van der Waals surface area contributed by atoms with Crippen molar-refractivity contribution in [1.82, 2.24) is 0 Å². The van der Waals surface area contributed by atoms with Crippen molar-refractivity contribution in [3.8, 4) is 22.9 Å². The molecule has 0 radical (unpaired) electrons. The SMILES string of the molecule is COc1ccccc1-c1c(C#N)csc1C(=O)O. The van der Waals surface area contributed by atoms with Gasteiger partial charge in [0, 0.05) is 16.5 Å². The average Bonchev–Trinajstić information content (AvgIpc) is 2.82. The number of thiophene rings is 1. The van der Waals surface area contributed by atoms with Crippen LogP contribution in [-0.2, 0) is 0 Å². The lowest BCUT2D eigenvalue weighted by atomic mass is 10.0. The Labute approximate surface area is 108 Å². The minimum Gasteiger partial charge on any atom is -0.496 e. The highest BCUT2D eigenvalue weighted by Gasteiger charge is 2.21. The first-order chi connectivity index (χ1) is 8.69. The molecule has 1 aromatic carbocycles. The van der Waals surface area contributed by atoms with Crippen LogP contribution >= 0.6 is 11.3 Å². The second-order valence-electron chi connectivity index (χ2n) is 3.47. The highest BCUT2D eigenvalue weighted by Crippen LogP contribution is 2.37. The summed E-state index contributed by atoms with van der Waals surface area (Å²) in [6.07, 6.45) is 0. The zero-order valence-electron chi connectivity index (χ0n) is 9.51. The fraction of sp³-hybridized carbons (Fsp3) is 0.0769. The van der Waals surface area contributed by atoms with E-state index in [9.17, 15) is 4.79 Å². The molecule has 2 rings (SSSR count). The van der Waals surface area contributed by atoms with E-state index in [1.165, 1.54) is 7.11 Å². The molecule has 18 heavy (non-hydrogen) atoms. The summed E-state index contributed by atoms with van der Waals surface area (Å²) in [6, 6.07) is 9.07. The maximum atomic E-state index is 11.2. The summed E-state index contributed by atoms with van der Waals surface area (Å²) in [5.74, 6) is -0.489. The van der Waals surface area contributed by atoms with Crippen molar-refractivity contribution in [1.29, 1.82) is 5.26 Å². The Balaban J connectivity index is 2.73. The van der Waals surface area contributed by atoms with Crippen LogP contribution in [0.5, 0.6) is 5.75 Å². The van der Waals surface area contributed by atoms with E-state index in [4.69, 9.17) is 15.1 Å². The van der Waals surface area contributed by atoms with Crippen LogP contribution in [0.25, 0.3) is 11.1 Å². The van der Waals surface area contributed by atoms with E-state index in [0.717, 1.165) is 11.3 Å². The van der Waals surface area contributed by atoms with Crippen LogP contribution in [-0.4, -0.2) is 18.2 Å². The first kappa shape index (κ1) is 12.1. The monoisotopic (exact) mass is 259 g/mol. The molecule has 90 valence electrons. The zero-order chi connectivity index (χ0) is 13.1. The number of carbonyl (C=O) groups is 1. The van der Waals surface area contributed by atoms with Gasteiger partial charge in [-0.05, 0) is 6.07 Å². The Morgan fingerprint density at radius 3 is 2.78 bits per heavy atom. The third-order valence-electron chi connectivity index (χ3n) is 2.48. The number of carboxylic acids is 1. The molecule has 0 unspecified atom stereocenters. The van der Waals surface area contributed by atoms with Gasteiger partial charge in [0.25, 0.3) is 0 Å². The number of methoxy groups -OCH3 is 1. The molecule has 0 aliphatic carbocycles. The lowest BCUT2D eigenvalue weighted by Crippen LogP contribution is -1.97. The molecule has 0 atom stereocenters. The van der Waals surface area contributed by atoms with Crippen molar-refractivity contribution in [3.05, 3.63) is 40.1 Å². The molecule has 0 aliphatic rings. The molecule has 0 bridgehead atoms. The van der Waals surface area contributed by atoms with Gasteiger partial charge in [0.15, 0.2) is 0 Å². The Kier molecular flexibility index (Phi) is 3.31. The van der Waals surface area contributed by atoms with Crippen LogP contribution in [0.1, 0.15) is 15.2 Å². The smallest absolute Gasteiger partial charge is 0.346 e. The lowest BCUT2D eigenvalue weighted by molar-refractivity contribution is 0.0703. The second kappa shape index (κ2) is 4.90. The Hall–Kier alpha value is -2.32. The van der Waals surface area contributed by atoms with Gasteiger partial charge in [-0.25, -0.2) is 4.79 Å². The van der Waals surface area contributed by atoms with Crippen LogP contribution in [0.15, 0.2) is 29.6 Å². The van der Waals surface area contributed by atoms with Crippen molar-refractivity contribution in [2.24, 2.45) is 0 Å². The summed E-state index contributed by atoms with van der Waals surface area (Å²) >= 11 is 1.05. The molecular formula is C13H9NO3S. The molecule has 0 saturated heterocycles. The number of nitrogens with zero attached hydrogens (tertiary/aromatic N) is 1. The number of aromatic carboxylic acids is 1. The molecule has 0 amide bonds. The standard InChI is InChI=1S/C13H9NO3S/c1-17-10-5-3-2-4-9(10)11-8(6-14)7-18-12(11)13(15)16/h2-5,7H,1H3,(H,15,16). The third kappa shape index (κ3) is 1.94. The fourth-order valence-electron chi connectivity index (χ4n) is 1.72. The molecule has 1 heterocycles. The quantitative estimate of drug-likeness (QED) is 0.919. The highest BCUT2D eigenvalue weighted by atomic mass is 32.1. The largest absolute Gasteiger partial charge is 0.496 e. The van der Waals surface area contributed by atoms with E-state index >= 15 is 0 Å². The highest BCUT2D eigenvalue weighted by molar-refractivity contribution is 7.12. The normalized spacial score (nSPS) is 9.78. The van der Waals surface area contributed by atoms with E-state index in [2.05, 4.69) is 0 Å². The first-order valence-corrected chi connectivity index (χ1v) is 5.95. The van der Waals surface area contributed by atoms with Crippen molar-refractivity contribution >= 4 is 17.3 Å². The predicted molar refractivity (Wildman–Crippen MR) is 68.0 cm³/mol. The molecule has 4 nitrogen and oxygen atoms in total. The van der Waals surface area contributed by atoms with Gasteiger partial charge in [0.1, 0.15) is 16.7 Å². The van der Waals surface area contributed by atoms with Crippen molar-refractivity contribution < 1.29 is 14.6 Å². The summed E-state index contributed by atoms with van der Waals surface area (Å²) in [5.41, 5.74) is 1.39. The van der Waals surface area contributed by atoms with Crippen LogP contribution in [0.2, 0.25) is 0 Å². The van der Waals surface area contributed by atoms with Crippen LogP contribution in [0, 0.1) is 11.3 Å². The molecule has 5 heteroatoms. The summed E-state index contributed by atoms with van der Waals surface area (Å²) in [4.78, 5) is 11.3. The molecular weight excluding hydrogens is 250 g/mol. The van der Waals surface area contributed by atoms with E-state index < -0.39 is 5.97 Å². The number of ether oxygens (including phenoxy) is 1. The number of nitriles is 1. The van der Waals surface area contributed by atoms with E-state index in [1.807, 2.05) is 6.07 Å². The van der Waals surface area contributed by atoms with Gasteiger partial charge in [-0.2, -0.15) is 5.26 Å². The topological polar surface area (TPSA) is 70.3 Å². The number of carboxylic acid groups (broad SMARTS) is 1. The van der Waals surface area contributed by atoms with Gasteiger partial charge in [0.2, 0.25) is 0 Å². The third-order valence-corrected chi connectivity index (χ3v) is 3.45. The molecule has 1 aromatic heterocycles. The maximum Gasteiger partial charge on any atom is 0.346 e. The summed E-state index contributed by atoms with van der Waals surface area (Å²) in [7, 11) is 1.51. The maximum absolute atomic E-state index is 11.2. The van der Waals surface area contributed by atoms with Gasteiger partial charge < -0.3 is 9.84 Å². The predicted octanol–water partition coefficient (Wildman–Crippen LogP) is 2.99. The summed E-state index contributed by atoms with van der Waals surface area (Å²) < 4.78 is 5.21. The summed E-state index contributed by atoms with van der Waals surface area (Å²) in [5, 5.41) is 19.8. The molecule has 0 aliphatic heterocycles. The molecule has 1 N–H and O–H groups in total. The van der Waals surface area contributed by atoms with Crippen LogP contribution in [0.4, 0.5) is 0 Å². The van der Waals surface area contributed by atoms with Gasteiger partial charge in [0.05, 0.1) is 12.7 Å².